The Morgan fingerprint density at radius 1 is 1.30 bits per heavy atom. The van der Waals surface area contributed by atoms with E-state index < -0.39 is 0 Å². The number of hydrogen-bond acceptors (Lipinski definition) is 3. The van der Waals surface area contributed by atoms with Crippen molar-refractivity contribution < 1.29 is 14.6 Å². The predicted molar refractivity (Wildman–Crippen MR) is 80.4 cm³/mol. The number of aliphatic hydroxyl groups excluding tert-OH is 1. The van der Waals surface area contributed by atoms with Gasteiger partial charge in [-0.1, -0.05) is 30.1 Å². The number of amides is 1. The first-order chi connectivity index (χ1) is 9.36. The maximum Gasteiger partial charge on any atom is 0.257 e. The van der Waals surface area contributed by atoms with Gasteiger partial charge in [-0.2, -0.15) is 0 Å². The molecule has 2 unspecified atom stereocenters. The van der Waals surface area contributed by atoms with Crippen LogP contribution in [0.2, 0.25) is 10.0 Å². The van der Waals surface area contributed by atoms with Crippen molar-refractivity contribution in [2.45, 2.75) is 26.4 Å². The standard InChI is InChI=1S/C14H19Cl2NO3/c1-9(3-10(2)18)7-17-14(19)8-20-13-5-11(15)4-12(16)6-13/h4-6,9-10,18H,3,7-8H2,1-2H3,(H,17,19). The van der Waals surface area contributed by atoms with Gasteiger partial charge >= 0.3 is 0 Å². The third-order valence-electron chi connectivity index (χ3n) is 2.60. The fraction of sp³-hybridized carbons (Fsp3) is 0.500. The highest BCUT2D eigenvalue weighted by Gasteiger charge is 2.09. The van der Waals surface area contributed by atoms with Crippen LogP contribution in [0.1, 0.15) is 20.3 Å². The third kappa shape index (κ3) is 6.98. The molecule has 6 heteroatoms. The molecule has 0 aromatic heterocycles. The second kappa shape index (κ2) is 8.35. The SMILES string of the molecule is CC(O)CC(C)CNC(=O)COc1cc(Cl)cc(Cl)c1. The number of hydrogen-bond donors (Lipinski definition) is 2. The maximum atomic E-state index is 11.6. The number of rotatable bonds is 7. The van der Waals surface area contributed by atoms with Gasteiger partial charge in [0.05, 0.1) is 6.10 Å². The molecule has 0 saturated carbocycles. The monoisotopic (exact) mass is 319 g/mol. The molecule has 20 heavy (non-hydrogen) atoms. The van der Waals surface area contributed by atoms with Crippen molar-refractivity contribution in [1.29, 1.82) is 0 Å². The normalized spacial score (nSPS) is 13.7. The third-order valence-corrected chi connectivity index (χ3v) is 3.03. The minimum atomic E-state index is -0.369. The number of aliphatic hydroxyl groups is 1. The van der Waals surface area contributed by atoms with Crippen LogP contribution in [0.25, 0.3) is 0 Å². The molecule has 0 saturated heterocycles. The van der Waals surface area contributed by atoms with Crippen molar-refractivity contribution in [3.05, 3.63) is 28.2 Å². The summed E-state index contributed by atoms with van der Waals surface area (Å²) in [4.78, 5) is 11.6. The Morgan fingerprint density at radius 3 is 2.45 bits per heavy atom. The van der Waals surface area contributed by atoms with E-state index in [-0.39, 0.29) is 24.5 Å². The summed E-state index contributed by atoms with van der Waals surface area (Å²) in [6.45, 7) is 4.09. The van der Waals surface area contributed by atoms with E-state index in [9.17, 15) is 9.90 Å². The van der Waals surface area contributed by atoms with Gasteiger partial charge in [0.1, 0.15) is 5.75 Å². The van der Waals surface area contributed by atoms with E-state index in [1.165, 1.54) is 0 Å². The van der Waals surface area contributed by atoms with Crippen molar-refractivity contribution in [3.8, 4) is 5.75 Å². The number of halogens is 2. The first-order valence-electron chi connectivity index (χ1n) is 6.40. The second-order valence-corrected chi connectivity index (χ2v) is 5.76. The summed E-state index contributed by atoms with van der Waals surface area (Å²) in [6, 6.07) is 4.78. The lowest BCUT2D eigenvalue weighted by atomic mass is 10.1. The van der Waals surface area contributed by atoms with Gasteiger partial charge in [0, 0.05) is 16.6 Å². The lowest BCUT2D eigenvalue weighted by Crippen LogP contribution is -2.33. The molecule has 0 aliphatic heterocycles. The topological polar surface area (TPSA) is 58.6 Å². The Morgan fingerprint density at radius 2 is 1.90 bits per heavy atom. The Balaban J connectivity index is 2.32. The first kappa shape index (κ1) is 17.1. The van der Waals surface area contributed by atoms with Gasteiger partial charge in [-0.05, 0) is 37.5 Å². The van der Waals surface area contributed by atoms with Gasteiger partial charge in [0.2, 0.25) is 0 Å². The summed E-state index contributed by atoms with van der Waals surface area (Å²) in [5.41, 5.74) is 0. The maximum absolute atomic E-state index is 11.6. The average molecular weight is 320 g/mol. The highest BCUT2D eigenvalue weighted by molar-refractivity contribution is 6.34. The first-order valence-corrected chi connectivity index (χ1v) is 7.16. The smallest absolute Gasteiger partial charge is 0.257 e. The van der Waals surface area contributed by atoms with E-state index in [0.717, 1.165) is 0 Å². The number of carbonyl (C=O) groups is 1. The van der Waals surface area contributed by atoms with E-state index in [1.807, 2.05) is 6.92 Å². The molecule has 1 aromatic carbocycles. The van der Waals surface area contributed by atoms with Crippen LogP contribution in [-0.4, -0.2) is 30.3 Å². The Labute approximate surface area is 129 Å². The molecule has 2 atom stereocenters. The molecule has 2 N–H and O–H groups in total. The van der Waals surface area contributed by atoms with E-state index in [0.29, 0.717) is 28.8 Å². The minimum Gasteiger partial charge on any atom is -0.484 e. The zero-order chi connectivity index (χ0) is 15.1. The lowest BCUT2D eigenvalue weighted by molar-refractivity contribution is -0.123. The van der Waals surface area contributed by atoms with E-state index >= 15 is 0 Å². The number of benzene rings is 1. The zero-order valence-corrected chi connectivity index (χ0v) is 13.0. The minimum absolute atomic E-state index is 0.0991. The molecule has 0 fully saturated rings. The molecule has 0 spiro atoms. The molecule has 0 radical (unpaired) electrons. The predicted octanol–water partition coefficient (Wildman–Crippen LogP) is 2.90. The quantitative estimate of drug-likeness (QED) is 0.812. The van der Waals surface area contributed by atoms with Crippen LogP contribution in [0.3, 0.4) is 0 Å². The van der Waals surface area contributed by atoms with Crippen LogP contribution in [0.15, 0.2) is 18.2 Å². The molecule has 0 heterocycles. The molecule has 0 aliphatic rings. The summed E-state index contributed by atoms with van der Waals surface area (Å²) in [7, 11) is 0. The Kier molecular flexibility index (Phi) is 7.13. The van der Waals surface area contributed by atoms with Crippen LogP contribution in [0.5, 0.6) is 5.75 Å². The van der Waals surface area contributed by atoms with Gasteiger partial charge in [0.25, 0.3) is 5.91 Å². The van der Waals surface area contributed by atoms with Crippen LogP contribution in [-0.2, 0) is 4.79 Å². The molecule has 1 rings (SSSR count). The van der Waals surface area contributed by atoms with Crippen LogP contribution in [0.4, 0.5) is 0 Å². The number of nitrogens with one attached hydrogen (secondary N) is 1. The van der Waals surface area contributed by atoms with Crippen LogP contribution >= 0.6 is 23.2 Å². The van der Waals surface area contributed by atoms with Crippen molar-refractivity contribution in [2.24, 2.45) is 5.92 Å². The van der Waals surface area contributed by atoms with Crippen molar-refractivity contribution in [3.63, 3.8) is 0 Å². The Hall–Kier alpha value is -0.970. The zero-order valence-electron chi connectivity index (χ0n) is 11.5. The summed E-state index contributed by atoms with van der Waals surface area (Å²) in [6.07, 6.45) is 0.275. The number of ether oxygens (including phenoxy) is 1. The van der Waals surface area contributed by atoms with Crippen molar-refractivity contribution >= 4 is 29.1 Å². The molecule has 1 amide bonds. The van der Waals surface area contributed by atoms with Crippen molar-refractivity contribution in [2.75, 3.05) is 13.2 Å². The summed E-state index contributed by atoms with van der Waals surface area (Å²) in [5.74, 6) is 0.438. The van der Waals surface area contributed by atoms with Gasteiger partial charge in [-0.25, -0.2) is 0 Å². The fourth-order valence-electron chi connectivity index (χ4n) is 1.77. The average Bonchev–Trinajstić information content (AvgIpc) is 2.32. The largest absolute Gasteiger partial charge is 0.484 e. The van der Waals surface area contributed by atoms with Crippen LogP contribution in [0, 0.1) is 5.92 Å². The molecular weight excluding hydrogens is 301 g/mol. The molecule has 4 nitrogen and oxygen atoms in total. The van der Waals surface area contributed by atoms with E-state index in [1.54, 1.807) is 25.1 Å². The molecule has 112 valence electrons. The van der Waals surface area contributed by atoms with E-state index in [4.69, 9.17) is 27.9 Å². The van der Waals surface area contributed by atoms with Gasteiger partial charge < -0.3 is 15.2 Å². The molecule has 1 aromatic rings. The molecular formula is C14H19Cl2NO3. The highest BCUT2D eigenvalue weighted by Crippen LogP contribution is 2.23. The van der Waals surface area contributed by atoms with Crippen LogP contribution < -0.4 is 10.1 Å². The van der Waals surface area contributed by atoms with Crippen molar-refractivity contribution in [1.82, 2.24) is 5.32 Å². The van der Waals surface area contributed by atoms with Gasteiger partial charge in [0.15, 0.2) is 6.61 Å². The molecule has 0 aliphatic carbocycles. The highest BCUT2D eigenvalue weighted by atomic mass is 35.5. The van der Waals surface area contributed by atoms with Gasteiger partial charge in [-0.15, -0.1) is 0 Å². The summed E-state index contributed by atoms with van der Waals surface area (Å²) >= 11 is 11.7. The molecule has 0 bridgehead atoms. The fourth-order valence-corrected chi connectivity index (χ4v) is 2.27. The number of carbonyl (C=O) groups excluding carboxylic acids is 1. The second-order valence-electron chi connectivity index (χ2n) is 4.89. The summed E-state index contributed by atoms with van der Waals surface area (Å²) < 4.78 is 5.31. The summed E-state index contributed by atoms with van der Waals surface area (Å²) in [5, 5.41) is 12.9. The lowest BCUT2D eigenvalue weighted by Gasteiger charge is -2.14. The van der Waals surface area contributed by atoms with E-state index in [2.05, 4.69) is 5.32 Å². The Bertz CT molecular complexity index is 432. The van der Waals surface area contributed by atoms with Gasteiger partial charge in [-0.3, -0.25) is 4.79 Å².